The quantitative estimate of drug-likeness (QED) is 0.544. The normalized spacial score (nSPS) is 29.1. The highest BCUT2D eigenvalue weighted by molar-refractivity contribution is 4.97. The van der Waals surface area contributed by atoms with Crippen LogP contribution < -0.4 is 5.32 Å². The molecule has 20 heavy (non-hydrogen) atoms. The van der Waals surface area contributed by atoms with Crippen molar-refractivity contribution in [2.24, 2.45) is 16.7 Å². The molecule has 0 amide bonds. The van der Waals surface area contributed by atoms with E-state index in [4.69, 9.17) is 0 Å². The third-order valence-electron chi connectivity index (χ3n) is 4.74. The zero-order valence-corrected chi connectivity index (χ0v) is 14.6. The van der Waals surface area contributed by atoms with Crippen molar-refractivity contribution in [2.75, 3.05) is 6.54 Å². The number of nitrogens with one attached hydrogen (secondary N) is 1. The van der Waals surface area contributed by atoms with Gasteiger partial charge in [-0.05, 0) is 48.9 Å². The van der Waals surface area contributed by atoms with Gasteiger partial charge in [0.2, 0.25) is 0 Å². The van der Waals surface area contributed by atoms with Crippen LogP contribution in [0.25, 0.3) is 0 Å². The van der Waals surface area contributed by atoms with E-state index in [2.05, 4.69) is 46.5 Å². The average molecular weight is 280 g/mol. The van der Waals surface area contributed by atoms with E-state index in [0.29, 0.717) is 10.8 Å². The average Bonchev–Trinajstić information content (AvgIpc) is 2.29. The third kappa shape index (κ3) is 6.33. The summed E-state index contributed by atoms with van der Waals surface area (Å²) in [4.78, 5) is 0. The summed E-state index contributed by atoms with van der Waals surface area (Å²) in [7, 11) is 0. The number of unbranched alkanes of at least 4 members (excludes halogenated alkanes) is 3. The minimum Gasteiger partial charge on any atom is -0.388 e. The van der Waals surface area contributed by atoms with Crippen molar-refractivity contribution >= 4 is 0 Å². The number of hydrogen-bond acceptors (Lipinski definition) is 1. The fraction of sp³-hybridized carbons (Fsp3) is 0.895. The summed E-state index contributed by atoms with van der Waals surface area (Å²) in [5.41, 5.74) is 2.18. The van der Waals surface area contributed by atoms with E-state index in [9.17, 15) is 0 Å². The first-order valence-electron chi connectivity index (χ1n) is 8.68. The van der Waals surface area contributed by atoms with Gasteiger partial charge in [0, 0.05) is 12.2 Å². The maximum absolute atomic E-state index is 4.21. The summed E-state index contributed by atoms with van der Waals surface area (Å²) in [5.74, 6) is 0.850. The molecule has 0 bridgehead atoms. The van der Waals surface area contributed by atoms with Crippen LogP contribution in [0.5, 0.6) is 0 Å². The highest BCUT2D eigenvalue weighted by Crippen LogP contribution is 2.48. The topological polar surface area (TPSA) is 12.0 Å². The lowest BCUT2D eigenvalue weighted by atomic mass is 9.61. The van der Waals surface area contributed by atoms with Gasteiger partial charge in [-0.3, -0.25) is 0 Å². The van der Waals surface area contributed by atoms with Crippen molar-refractivity contribution in [1.29, 1.82) is 0 Å². The molecule has 1 aliphatic carbocycles. The maximum Gasteiger partial charge on any atom is 0.0198 e. The minimum absolute atomic E-state index is 0.438. The second-order valence-electron chi connectivity index (χ2n) is 8.43. The Morgan fingerprint density at radius 2 is 1.85 bits per heavy atom. The van der Waals surface area contributed by atoms with Crippen molar-refractivity contribution in [3.8, 4) is 0 Å². The van der Waals surface area contributed by atoms with Gasteiger partial charge in [-0.15, -0.1) is 0 Å². The van der Waals surface area contributed by atoms with E-state index < -0.39 is 0 Å². The smallest absolute Gasteiger partial charge is 0.0198 e. The number of rotatable bonds is 8. The molecule has 1 aliphatic rings. The Hall–Kier alpha value is -0.460. The lowest BCUT2D eigenvalue weighted by molar-refractivity contribution is 0.0625. The molecule has 0 aliphatic heterocycles. The van der Waals surface area contributed by atoms with Crippen molar-refractivity contribution in [2.45, 2.75) is 86.0 Å². The molecule has 1 rings (SSSR count). The molecule has 1 heteroatoms. The standard InChI is InChI=1S/C19H37N/c1-7-8-9-10-11-17(3)20-15-19(6)13-16(2)12-18(4,5)14-19/h16,20H,3,7-15H2,1-2,4-6H3. The molecular formula is C19H37N. The molecule has 1 nitrogen and oxygen atoms in total. The minimum atomic E-state index is 0.438. The van der Waals surface area contributed by atoms with E-state index in [1.807, 2.05) is 0 Å². The molecule has 1 fully saturated rings. The molecule has 118 valence electrons. The number of hydrogen-bond donors (Lipinski definition) is 1. The van der Waals surface area contributed by atoms with E-state index in [1.54, 1.807) is 0 Å². The molecule has 1 N–H and O–H groups in total. The summed E-state index contributed by atoms with van der Waals surface area (Å²) in [6.07, 6.45) is 10.5. The molecule has 0 aromatic carbocycles. The first kappa shape index (κ1) is 17.6. The van der Waals surface area contributed by atoms with Crippen LogP contribution in [0.2, 0.25) is 0 Å². The monoisotopic (exact) mass is 279 g/mol. The molecule has 0 aromatic rings. The predicted octanol–water partition coefficient (Wildman–Crippen LogP) is 5.91. The second kappa shape index (κ2) is 7.52. The van der Waals surface area contributed by atoms with Gasteiger partial charge in [0.15, 0.2) is 0 Å². The molecule has 0 aromatic heterocycles. The van der Waals surface area contributed by atoms with Gasteiger partial charge in [-0.1, -0.05) is 60.5 Å². The second-order valence-corrected chi connectivity index (χ2v) is 8.43. The van der Waals surface area contributed by atoms with Crippen molar-refractivity contribution in [1.82, 2.24) is 5.32 Å². The van der Waals surface area contributed by atoms with E-state index in [1.165, 1.54) is 50.6 Å². The van der Waals surface area contributed by atoms with Crippen LogP contribution in [0, 0.1) is 16.7 Å². The summed E-state index contributed by atoms with van der Waals surface area (Å²) < 4.78 is 0. The van der Waals surface area contributed by atoms with Gasteiger partial charge in [0.25, 0.3) is 0 Å². The Morgan fingerprint density at radius 3 is 2.45 bits per heavy atom. The van der Waals surface area contributed by atoms with Crippen LogP contribution in [0.3, 0.4) is 0 Å². The van der Waals surface area contributed by atoms with Gasteiger partial charge in [-0.2, -0.15) is 0 Å². The summed E-state index contributed by atoms with van der Waals surface area (Å²) in [6.45, 7) is 17.3. The van der Waals surface area contributed by atoms with Crippen LogP contribution >= 0.6 is 0 Å². The number of allylic oxidation sites excluding steroid dienone is 1. The molecular weight excluding hydrogens is 242 g/mol. The molecule has 0 saturated heterocycles. The van der Waals surface area contributed by atoms with Gasteiger partial charge in [-0.25, -0.2) is 0 Å². The van der Waals surface area contributed by atoms with Gasteiger partial charge in [0.1, 0.15) is 0 Å². The van der Waals surface area contributed by atoms with Gasteiger partial charge >= 0.3 is 0 Å². The lowest BCUT2D eigenvalue weighted by Gasteiger charge is -2.46. The summed E-state index contributed by atoms with van der Waals surface area (Å²) in [5, 5.41) is 3.63. The predicted molar refractivity (Wildman–Crippen MR) is 90.8 cm³/mol. The SMILES string of the molecule is C=C(CCCCCC)NCC1(C)CC(C)CC(C)(C)C1. The maximum atomic E-state index is 4.21. The molecule has 2 atom stereocenters. The Bertz CT molecular complexity index is 305. The fourth-order valence-electron chi connectivity index (χ4n) is 4.48. The van der Waals surface area contributed by atoms with E-state index in [0.717, 1.165) is 18.9 Å². The largest absolute Gasteiger partial charge is 0.388 e. The van der Waals surface area contributed by atoms with Gasteiger partial charge < -0.3 is 5.32 Å². The highest BCUT2D eigenvalue weighted by atomic mass is 14.9. The van der Waals surface area contributed by atoms with E-state index in [-0.39, 0.29) is 0 Å². The summed E-state index contributed by atoms with van der Waals surface area (Å²) >= 11 is 0. The molecule has 0 radical (unpaired) electrons. The first-order valence-corrected chi connectivity index (χ1v) is 8.68. The Labute approximate surface area is 127 Å². The van der Waals surface area contributed by atoms with Crippen LogP contribution in [0.4, 0.5) is 0 Å². The molecule has 2 unspecified atom stereocenters. The molecule has 0 spiro atoms. The van der Waals surface area contributed by atoms with Crippen LogP contribution in [0.1, 0.15) is 86.0 Å². The van der Waals surface area contributed by atoms with Crippen LogP contribution in [-0.2, 0) is 0 Å². The molecule has 1 saturated carbocycles. The Balaban J connectivity index is 2.33. The Morgan fingerprint density at radius 1 is 1.15 bits per heavy atom. The van der Waals surface area contributed by atoms with Crippen LogP contribution in [0.15, 0.2) is 12.3 Å². The van der Waals surface area contributed by atoms with Crippen LogP contribution in [-0.4, -0.2) is 6.54 Å². The van der Waals surface area contributed by atoms with Crippen molar-refractivity contribution in [3.63, 3.8) is 0 Å². The van der Waals surface area contributed by atoms with E-state index >= 15 is 0 Å². The van der Waals surface area contributed by atoms with Crippen molar-refractivity contribution < 1.29 is 0 Å². The zero-order chi connectivity index (χ0) is 15.2. The Kier molecular flexibility index (Phi) is 6.61. The first-order chi connectivity index (χ1) is 9.26. The van der Waals surface area contributed by atoms with Crippen molar-refractivity contribution in [3.05, 3.63) is 12.3 Å². The highest BCUT2D eigenvalue weighted by Gasteiger charge is 2.39. The lowest BCUT2D eigenvalue weighted by Crippen LogP contribution is -2.41. The zero-order valence-electron chi connectivity index (χ0n) is 14.6. The van der Waals surface area contributed by atoms with Gasteiger partial charge in [0.05, 0.1) is 0 Å². The third-order valence-corrected chi connectivity index (χ3v) is 4.74. The molecule has 0 heterocycles. The fourth-order valence-corrected chi connectivity index (χ4v) is 4.48. The summed E-state index contributed by atoms with van der Waals surface area (Å²) in [6, 6.07) is 0.